The largest absolute Gasteiger partial charge is 0.356 e. The summed E-state index contributed by atoms with van der Waals surface area (Å²) in [7, 11) is -4.43. The van der Waals surface area contributed by atoms with Crippen LogP contribution in [-0.2, 0) is 19.8 Å². The molecule has 9 heteroatoms. The zero-order chi connectivity index (χ0) is 11.2. The van der Waals surface area contributed by atoms with Crippen molar-refractivity contribution in [2.45, 2.75) is 0 Å². The minimum atomic E-state index is -4.43. The smallest absolute Gasteiger partial charge is 0.274 e. The Morgan fingerprint density at radius 1 is 1.43 bits per heavy atom. The summed E-state index contributed by atoms with van der Waals surface area (Å²) in [6.07, 6.45) is 1.48. The Morgan fingerprint density at radius 3 is 2.43 bits per heavy atom. The average Bonchev–Trinajstić information content (AvgIpc) is 2.02. The van der Waals surface area contributed by atoms with Crippen molar-refractivity contribution in [3.8, 4) is 0 Å². The molecule has 0 saturated heterocycles. The number of hydrogen-bond acceptors (Lipinski definition) is 5. The molecule has 0 radical (unpaired) electrons. The molecule has 0 bridgehead atoms. The standard InChI is InChI=1S/C5H5N3O5S/c1-2-4(10)7-5(11)8-14(12,13)6-3-9/h2H,1H2,(H2,7,8,10,11). The van der Waals surface area contributed by atoms with Gasteiger partial charge in [0.1, 0.15) is 0 Å². The third-order valence-corrected chi connectivity index (χ3v) is 1.56. The third-order valence-electron chi connectivity index (χ3n) is 0.801. The number of carbonyl (C=O) groups is 2. The van der Waals surface area contributed by atoms with Crippen molar-refractivity contribution in [1.82, 2.24) is 10.0 Å². The summed E-state index contributed by atoms with van der Waals surface area (Å²) in [5, 5.41) is 1.57. The Kier molecular flexibility index (Phi) is 4.20. The number of carbonyl (C=O) groups excluding carboxylic acids is 3. The van der Waals surface area contributed by atoms with Crippen molar-refractivity contribution in [3.05, 3.63) is 12.7 Å². The van der Waals surface area contributed by atoms with Gasteiger partial charge >= 0.3 is 16.2 Å². The van der Waals surface area contributed by atoms with Gasteiger partial charge in [-0.05, 0) is 6.08 Å². The predicted octanol–water partition coefficient (Wildman–Crippen LogP) is -1.42. The predicted molar refractivity (Wildman–Crippen MR) is 43.9 cm³/mol. The molecule has 0 aliphatic heterocycles. The topological polar surface area (TPSA) is 122 Å². The molecule has 8 nitrogen and oxygen atoms in total. The van der Waals surface area contributed by atoms with Crippen LogP contribution in [0.1, 0.15) is 0 Å². The third kappa shape index (κ3) is 4.80. The Morgan fingerprint density at radius 2 is 2.00 bits per heavy atom. The highest BCUT2D eigenvalue weighted by molar-refractivity contribution is 7.88. The van der Waals surface area contributed by atoms with E-state index in [9.17, 15) is 22.8 Å². The second-order valence-electron chi connectivity index (χ2n) is 1.78. The summed E-state index contributed by atoms with van der Waals surface area (Å²) in [6.45, 7) is 3.02. The maximum absolute atomic E-state index is 10.6. The first-order chi connectivity index (χ1) is 6.41. The molecule has 0 fully saturated rings. The van der Waals surface area contributed by atoms with Gasteiger partial charge in [-0.15, -0.1) is 0 Å². The summed E-state index contributed by atoms with van der Waals surface area (Å²) in [6, 6.07) is -1.34. The zero-order valence-corrected chi connectivity index (χ0v) is 7.50. The first kappa shape index (κ1) is 12.0. The van der Waals surface area contributed by atoms with Gasteiger partial charge in [-0.1, -0.05) is 11.0 Å². The van der Waals surface area contributed by atoms with E-state index in [1.165, 1.54) is 4.72 Å². The average molecular weight is 219 g/mol. The Balaban J connectivity index is 4.41. The molecular weight excluding hydrogens is 214 g/mol. The summed E-state index contributed by atoms with van der Waals surface area (Å²) < 4.78 is 24.7. The van der Waals surface area contributed by atoms with Crippen LogP contribution in [0.15, 0.2) is 17.1 Å². The SMILES string of the molecule is C=CC(=O)NC(=O)NS(=O)(=O)N=C=O. The number of isocyanates is 1. The molecule has 0 rings (SSSR count). The number of nitrogens with zero attached hydrogens (tertiary/aromatic N) is 1. The van der Waals surface area contributed by atoms with Crippen LogP contribution >= 0.6 is 0 Å². The van der Waals surface area contributed by atoms with Gasteiger partial charge in [-0.2, -0.15) is 8.42 Å². The molecule has 2 N–H and O–H groups in total. The Hall–Kier alpha value is -1.99. The minimum absolute atomic E-state index is 0.720. The van der Waals surface area contributed by atoms with Crippen LogP contribution in [0.5, 0.6) is 0 Å². The summed E-state index contributed by atoms with van der Waals surface area (Å²) >= 11 is 0. The van der Waals surface area contributed by atoms with Gasteiger partial charge in [-0.3, -0.25) is 10.1 Å². The highest BCUT2D eigenvalue weighted by atomic mass is 32.2. The molecule has 14 heavy (non-hydrogen) atoms. The van der Waals surface area contributed by atoms with Crippen LogP contribution in [0.2, 0.25) is 0 Å². The number of rotatable bonds is 3. The number of amides is 3. The van der Waals surface area contributed by atoms with Crippen LogP contribution in [0.25, 0.3) is 0 Å². The molecule has 0 heterocycles. The number of hydrogen-bond donors (Lipinski definition) is 2. The molecule has 76 valence electrons. The molecule has 0 aromatic carbocycles. The fourth-order valence-corrected chi connectivity index (χ4v) is 0.807. The fourth-order valence-electron chi connectivity index (χ4n) is 0.377. The second-order valence-corrected chi connectivity index (χ2v) is 3.12. The van der Waals surface area contributed by atoms with Crippen molar-refractivity contribution in [3.63, 3.8) is 0 Å². The maximum atomic E-state index is 10.6. The quantitative estimate of drug-likeness (QED) is 0.342. The lowest BCUT2D eigenvalue weighted by atomic mass is 10.6. The first-order valence-corrected chi connectivity index (χ1v) is 4.44. The van der Waals surface area contributed by atoms with E-state index in [2.05, 4.69) is 11.0 Å². The highest BCUT2D eigenvalue weighted by Gasteiger charge is 2.13. The van der Waals surface area contributed by atoms with Crippen molar-refractivity contribution in [2.24, 2.45) is 4.40 Å². The number of urea groups is 1. The maximum Gasteiger partial charge on any atom is 0.356 e. The van der Waals surface area contributed by atoms with Gasteiger partial charge in [0.25, 0.3) is 12.0 Å². The van der Waals surface area contributed by atoms with Crippen LogP contribution in [-0.4, -0.2) is 26.4 Å². The van der Waals surface area contributed by atoms with E-state index in [1.807, 2.05) is 0 Å². The van der Waals surface area contributed by atoms with E-state index in [1.54, 1.807) is 5.32 Å². The van der Waals surface area contributed by atoms with E-state index in [0.29, 0.717) is 0 Å². The highest BCUT2D eigenvalue weighted by Crippen LogP contribution is 1.82. The molecule has 0 aliphatic carbocycles. The van der Waals surface area contributed by atoms with E-state index in [-0.39, 0.29) is 0 Å². The zero-order valence-electron chi connectivity index (χ0n) is 6.68. The van der Waals surface area contributed by atoms with Crippen LogP contribution in [0.3, 0.4) is 0 Å². The fraction of sp³-hybridized carbons (Fsp3) is 0. The van der Waals surface area contributed by atoms with E-state index < -0.39 is 22.1 Å². The van der Waals surface area contributed by atoms with E-state index in [0.717, 1.165) is 12.2 Å². The van der Waals surface area contributed by atoms with Gasteiger partial charge < -0.3 is 0 Å². The minimum Gasteiger partial charge on any atom is -0.274 e. The van der Waals surface area contributed by atoms with Gasteiger partial charge in [0.05, 0.1) is 0 Å². The molecule has 0 aromatic rings. The van der Waals surface area contributed by atoms with Gasteiger partial charge in [0, 0.05) is 0 Å². The lowest BCUT2D eigenvalue weighted by Crippen LogP contribution is -2.40. The van der Waals surface area contributed by atoms with Gasteiger partial charge in [0.2, 0.25) is 0 Å². The normalized spacial score (nSPS) is 9.43. The Bertz CT molecular complexity index is 405. The summed E-state index contributed by atoms with van der Waals surface area (Å²) in [5.74, 6) is -0.896. The Labute approximate surface area is 78.9 Å². The molecule has 0 spiro atoms. The molecule has 0 atom stereocenters. The summed E-state index contributed by atoms with van der Waals surface area (Å²) in [4.78, 5) is 30.7. The van der Waals surface area contributed by atoms with Crippen LogP contribution in [0.4, 0.5) is 4.79 Å². The molecule has 0 aliphatic rings. The molecule has 0 unspecified atom stereocenters. The molecule has 0 saturated carbocycles. The van der Waals surface area contributed by atoms with Crippen molar-refractivity contribution >= 4 is 28.2 Å². The van der Waals surface area contributed by atoms with Gasteiger partial charge in [0.15, 0.2) is 0 Å². The van der Waals surface area contributed by atoms with Crippen LogP contribution < -0.4 is 10.0 Å². The molecule has 3 amide bonds. The van der Waals surface area contributed by atoms with Crippen molar-refractivity contribution in [2.75, 3.05) is 0 Å². The lowest BCUT2D eigenvalue weighted by Gasteiger charge is -2.00. The van der Waals surface area contributed by atoms with Crippen LogP contribution in [0, 0.1) is 0 Å². The number of nitrogens with one attached hydrogen (secondary N) is 2. The number of imide groups is 1. The molecule has 0 aromatic heterocycles. The second kappa shape index (κ2) is 4.90. The molecular formula is C5H5N3O5S. The van der Waals surface area contributed by atoms with Crippen molar-refractivity contribution in [1.29, 1.82) is 0 Å². The van der Waals surface area contributed by atoms with E-state index in [4.69, 9.17) is 0 Å². The monoisotopic (exact) mass is 219 g/mol. The first-order valence-electron chi connectivity index (χ1n) is 3.00. The van der Waals surface area contributed by atoms with E-state index >= 15 is 0 Å². The van der Waals surface area contributed by atoms with Crippen molar-refractivity contribution < 1.29 is 22.8 Å². The van der Waals surface area contributed by atoms with Gasteiger partial charge in [-0.25, -0.2) is 14.3 Å². The summed E-state index contributed by atoms with van der Waals surface area (Å²) in [5.41, 5.74) is 0. The lowest BCUT2D eigenvalue weighted by molar-refractivity contribution is -0.115.